The van der Waals surface area contributed by atoms with E-state index in [2.05, 4.69) is 88.3 Å². The Hall–Kier alpha value is -2.32. The molecule has 4 aromatic rings. The summed E-state index contributed by atoms with van der Waals surface area (Å²) in [4.78, 5) is 32.9. The first-order valence-electron chi connectivity index (χ1n) is 13.7. The second-order valence-electron chi connectivity index (χ2n) is 10.4. The maximum Gasteiger partial charge on any atom is 0.226 e. The maximum atomic E-state index is 6.09. The van der Waals surface area contributed by atoms with Gasteiger partial charge in [0.2, 0.25) is 10.6 Å². The fraction of sp³-hybridized carbons (Fsp3) is 0.615. The number of fused-ring (bicyclic) bond motifs is 2. The standard InChI is InChI=1S/C13H18ClN5O.C9H10ClN5O.C4H9Br/c1-9(2)7-19-8-15-10-11(16-13(14)17-12(10)19)18-3-5-20-6-4-18;10-9-13-7-6(11-5-12-7)8(14-9)15-1-3-16-4-2-15;1-4(2)3-5/h8-9H,3-7H2,1-2H3;5H,1-4H2,(H,11,12,13,14);4H,3H2,1-2H3. The number of morpholine rings is 2. The Morgan fingerprint density at radius 3 is 1.98 bits per heavy atom. The minimum Gasteiger partial charge on any atom is -0.378 e. The molecule has 6 rings (SSSR count). The lowest BCUT2D eigenvalue weighted by Gasteiger charge is -2.27. The number of halogens is 3. The Morgan fingerprint density at radius 1 is 0.829 bits per heavy atom. The summed E-state index contributed by atoms with van der Waals surface area (Å²) in [5.74, 6) is 2.93. The lowest BCUT2D eigenvalue weighted by atomic mass is 10.2. The molecular weight excluding hydrogens is 635 g/mol. The first kappa shape index (κ1) is 31.6. The smallest absolute Gasteiger partial charge is 0.226 e. The van der Waals surface area contributed by atoms with Crippen molar-refractivity contribution < 1.29 is 9.47 Å². The van der Waals surface area contributed by atoms with E-state index in [-0.39, 0.29) is 10.6 Å². The second-order valence-corrected chi connectivity index (χ2v) is 11.8. The molecule has 15 heteroatoms. The van der Waals surface area contributed by atoms with E-state index in [1.54, 1.807) is 6.33 Å². The average Bonchev–Trinajstić information content (AvgIpc) is 3.60. The number of hydrogen-bond donors (Lipinski definition) is 1. The summed E-state index contributed by atoms with van der Waals surface area (Å²) in [6, 6.07) is 0. The zero-order chi connectivity index (χ0) is 29.4. The number of aromatic nitrogens is 8. The molecule has 2 aliphatic heterocycles. The van der Waals surface area contributed by atoms with Crippen molar-refractivity contribution in [2.24, 2.45) is 11.8 Å². The molecule has 0 atom stereocenters. The SMILES string of the molecule is CC(C)CBr.CC(C)Cn1cnc2c(N3CCOCC3)nc(Cl)nc21.Clc1nc(N2CCOCC2)c2[nH]cnc2n1. The molecule has 0 radical (unpaired) electrons. The predicted octanol–water partition coefficient (Wildman–Crippen LogP) is 4.85. The van der Waals surface area contributed by atoms with Gasteiger partial charge < -0.3 is 28.8 Å². The molecule has 0 aromatic carbocycles. The van der Waals surface area contributed by atoms with Crippen molar-refractivity contribution in [1.82, 2.24) is 39.5 Å². The van der Waals surface area contributed by atoms with Crippen LogP contribution in [0.2, 0.25) is 10.6 Å². The third kappa shape index (κ3) is 8.60. The van der Waals surface area contributed by atoms with Gasteiger partial charge in [0, 0.05) is 38.1 Å². The number of nitrogens with zero attached hydrogens (tertiary/aromatic N) is 9. The summed E-state index contributed by atoms with van der Waals surface area (Å²) in [6.45, 7) is 15.6. The van der Waals surface area contributed by atoms with Gasteiger partial charge in [0.1, 0.15) is 5.52 Å². The van der Waals surface area contributed by atoms with Crippen LogP contribution in [0.25, 0.3) is 22.3 Å². The van der Waals surface area contributed by atoms with Crippen molar-refractivity contribution in [3.63, 3.8) is 0 Å². The fourth-order valence-electron chi connectivity index (χ4n) is 4.22. The third-order valence-corrected chi connectivity index (χ3v) is 7.78. The average molecular weight is 672 g/mol. The topological polar surface area (TPSA) is 123 Å². The van der Waals surface area contributed by atoms with E-state index in [0.29, 0.717) is 38.0 Å². The number of imidazole rings is 2. The quantitative estimate of drug-likeness (QED) is 0.233. The fourth-order valence-corrected chi connectivity index (χ4v) is 4.54. The summed E-state index contributed by atoms with van der Waals surface area (Å²) >= 11 is 15.3. The highest BCUT2D eigenvalue weighted by Gasteiger charge is 2.20. The van der Waals surface area contributed by atoms with Crippen molar-refractivity contribution in [2.45, 2.75) is 34.2 Å². The van der Waals surface area contributed by atoms with Gasteiger partial charge in [-0.15, -0.1) is 0 Å². The summed E-state index contributed by atoms with van der Waals surface area (Å²) < 4.78 is 12.7. The van der Waals surface area contributed by atoms with Crippen LogP contribution >= 0.6 is 39.1 Å². The van der Waals surface area contributed by atoms with E-state index in [1.807, 2.05) is 10.9 Å². The van der Waals surface area contributed by atoms with Crippen LogP contribution in [0.15, 0.2) is 12.7 Å². The van der Waals surface area contributed by atoms with Crippen LogP contribution in [0.1, 0.15) is 27.7 Å². The Morgan fingerprint density at radius 2 is 1.39 bits per heavy atom. The number of alkyl halides is 1. The zero-order valence-corrected chi connectivity index (χ0v) is 27.0. The van der Waals surface area contributed by atoms with Crippen LogP contribution in [0.5, 0.6) is 0 Å². The van der Waals surface area contributed by atoms with Crippen LogP contribution in [0.3, 0.4) is 0 Å². The summed E-state index contributed by atoms with van der Waals surface area (Å²) in [6.07, 6.45) is 3.42. The van der Waals surface area contributed by atoms with Crippen molar-refractivity contribution in [3.05, 3.63) is 23.2 Å². The first-order valence-corrected chi connectivity index (χ1v) is 15.6. The van der Waals surface area contributed by atoms with Gasteiger partial charge >= 0.3 is 0 Å². The second kappa shape index (κ2) is 15.2. The Bertz CT molecular complexity index is 1390. The van der Waals surface area contributed by atoms with Crippen molar-refractivity contribution in [2.75, 3.05) is 67.7 Å². The van der Waals surface area contributed by atoms with Crippen LogP contribution < -0.4 is 9.80 Å². The van der Waals surface area contributed by atoms with E-state index in [9.17, 15) is 0 Å². The molecule has 0 unspecified atom stereocenters. The number of aromatic amines is 1. The number of anilines is 2. The van der Waals surface area contributed by atoms with Crippen LogP contribution in [0.4, 0.5) is 11.6 Å². The normalized spacial score (nSPS) is 15.7. The number of ether oxygens (including phenoxy) is 2. The third-order valence-electron chi connectivity index (χ3n) is 6.15. The monoisotopic (exact) mass is 670 g/mol. The highest BCUT2D eigenvalue weighted by molar-refractivity contribution is 9.09. The molecule has 0 spiro atoms. The van der Waals surface area contributed by atoms with Gasteiger partial charge in [-0.1, -0.05) is 43.6 Å². The first-order chi connectivity index (χ1) is 19.8. The Balaban J connectivity index is 0.000000165. The molecule has 0 amide bonds. The Kier molecular flexibility index (Phi) is 11.7. The number of hydrogen-bond acceptors (Lipinski definition) is 10. The molecule has 0 bridgehead atoms. The van der Waals surface area contributed by atoms with Gasteiger partial charge in [-0.2, -0.15) is 19.9 Å². The maximum absolute atomic E-state index is 6.09. The van der Waals surface area contributed by atoms with E-state index in [1.165, 1.54) is 0 Å². The van der Waals surface area contributed by atoms with E-state index < -0.39 is 0 Å². The van der Waals surface area contributed by atoms with Crippen LogP contribution in [-0.4, -0.2) is 97.4 Å². The summed E-state index contributed by atoms with van der Waals surface area (Å²) in [5.41, 5.74) is 3.05. The molecule has 0 aliphatic carbocycles. The van der Waals surface area contributed by atoms with E-state index in [4.69, 9.17) is 32.7 Å². The molecule has 1 N–H and O–H groups in total. The van der Waals surface area contributed by atoms with Crippen molar-refractivity contribution in [3.8, 4) is 0 Å². The van der Waals surface area contributed by atoms with Crippen molar-refractivity contribution in [1.29, 1.82) is 0 Å². The summed E-state index contributed by atoms with van der Waals surface area (Å²) in [5, 5.41) is 1.61. The van der Waals surface area contributed by atoms with Crippen LogP contribution in [0, 0.1) is 11.8 Å². The zero-order valence-electron chi connectivity index (χ0n) is 23.9. The molecule has 4 aromatic heterocycles. The van der Waals surface area contributed by atoms with Gasteiger partial charge in [-0.25, -0.2) is 9.97 Å². The molecule has 41 heavy (non-hydrogen) atoms. The Labute approximate surface area is 258 Å². The minimum absolute atomic E-state index is 0.223. The van der Waals surface area contributed by atoms with Gasteiger partial charge in [0.05, 0.1) is 39.1 Å². The summed E-state index contributed by atoms with van der Waals surface area (Å²) in [7, 11) is 0. The molecular formula is C26H37BrCl2N10O2. The highest BCUT2D eigenvalue weighted by Crippen LogP contribution is 2.26. The predicted molar refractivity (Wildman–Crippen MR) is 167 cm³/mol. The molecule has 2 saturated heterocycles. The van der Waals surface area contributed by atoms with Crippen LogP contribution in [-0.2, 0) is 16.0 Å². The molecule has 2 fully saturated rings. The largest absolute Gasteiger partial charge is 0.378 e. The van der Waals surface area contributed by atoms with Gasteiger partial charge in [-0.3, -0.25) is 0 Å². The minimum atomic E-state index is 0.223. The molecule has 2 aliphatic rings. The van der Waals surface area contributed by atoms with Crippen molar-refractivity contribution >= 4 is 73.1 Å². The lowest BCUT2D eigenvalue weighted by Crippen LogP contribution is -2.37. The lowest BCUT2D eigenvalue weighted by molar-refractivity contribution is 0.122. The molecule has 12 nitrogen and oxygen atoms in total. The van der Waals surface area contributed by atoms with Gasteiger partial charge in [0.15, 0.2) is 28.4 Å². The number of nitrogens with one attached hydrogen (secondary N) is 1. The van der Waals surface area contributed by atoms with E-state index >= 15 is 0 Å². The molecule has 6 heterocycles. The van der Waals surface area contributed by atoms with E-state index in [0.717, 1.165) is 72.3 Å². The number of rotatable bonds is 5. The number of H-pyrrole nitrogens is 1. The highest BCUT2D eigenvalue weighted by atomic mass is 79.9. The molecule has 0 saturated carbocycles. The van der Waals surface area contributed by atoms with Gasteiger partial charge in [0.25, 0.3) is 0 Å². The van der Waals surface area contributed by atoms with Gasteiger partial charge in [-0.05, 0) is 35.0 Å². The molecule has 224 valence electrons.